The number of nitrogens with two attached hydrogens (primary N) is 1. The van der Waals surface area contributed by atoms with Gasteiger partial charge in [-0.25, -0.2) is 4.98 Å². The molecule has 0 aliphatic carbocycles. The second-order valence-corrected chi connectivity index (χ2v) is 4.21. The maximum absolute atomic E-state index is 5.66. The van der Waals surface area contributed by atoms with Crippen LogP contribution in [0.4, 0.5) is 5.82 Å². The van der Waals surface area contributed by atoms with Crippen molar-refractivity contribution >= 4 is 16.6 Å². The molecule has 1 heterocycles. The summed E-state index contributed by atoms with van der Waals surface area (Å²) in [6.07, 6.45) is 1.78. The summed E-state index contributed by atoms with van der Waals surface area (Å²) >= 11 is 0. The molecule has 1 aromatic heterocycles. The summed E-state index contributed by atoms with van der Waals surface area (Å²) in [4.78, 5) is 6.10. The highest BCUT2D eigenvalue weighted by atomic mass is 15.0. The molecule has 0 bridgehead atoms. The molecule has 1 aromatic carbocycles. The van der Waals surface area contributed by atoms with Crippen molar-refractivity contribution in [3.05, 3.63) is 36.0 Å². The number of anilines is 1. The largest absolute Gasteiger partial charge is 0.384 e. The Balaban J connectivity index is 2.33. The van der Waals surface area contributed by atoms with E-state index < -0.39 is 0 Å². The van der Waals surface area contributed by atoms with E-state index >= 15 is 0 Å². The Labute approximate surface area is 101 Å². The van der Waals surface area contributed by atoms with E-state index in [1.54, 1.807) is 6.20 Å². The minimum Gasteiger partial charge on any atom is -0.384 e. The second kappa shape index (κ2) is 4.86. The molecule has 0 saturated heterocycles. The molecule has 2 rings (SSSR count). The molecule has 0 aliphatic heterocycles. The number of fused-ring (bicyclic) bond motifs is 1. The van der Waals surface area contributed by atoms with Gasteiger partial charge in [0, 0.05) is 17.1 Å². The van der Waals surface area contributed by atoms with Crippen LogP contribution in [0.1, 0.15) is 5.56 Å². The third-order valence-corrected chi connectivity index (χ3v) is 2.37. The first kappa shape index (κ1) is 11.4. The molecule has 0 spiro atoms. The molecule has 2 aromatic rings. The Morgan fingerprint density at radius 1 is 1.24 bits per heavy atom. The summed E-state index contributed by atoms with van der Waals surface area (Å²) in [5.74, 6) is 6.78. The lowest BCUT2D eigenvalue weighted by molar-refractivity contribution is 0.464. The smallest absolute Gasteiger partial charge is 0.123 e. The molecule has 2 N–H and O–H groups in total. The Morgan fingerprint density at radius 3 is 2.82 bits per heavy atom. The van der Waals surface area contributed by atoms with Gasteiger partial charge in [-0.05, 0) is 37.7 Å². The zero-order valence-electron chi connectivity index (χ0n) is 10.1. The molecule has 3 heteroatoms. The average molecular weight is 225 g/mol. The third-order valence-electron chi connectivity index (χ3n) is 2.37. The molecular weight excluding hydrogens is 210 g/mol. The van der Waals surface area contributed by atoms with Gasteiger partial charge in [-0.2, -0.15) is 0 Å². The molecule has 0 saturated carbocycles. The Bertz CT molecular complexity index is 591. The van der Waals surface area contributed by atoms with Gasteiger partial charge in [0.1, 0.15) is 5.82 Å². The molecule has 3 nitrogen and oxygen atoms in total. The number of rotatable bonds is 1. The number of hydrogen-bond acceptors (Lipinski definition) is 3. The first-order valence-corrected chi connectivity index (χ1v) is 5.44. The van der Waals surface area contributed by atoms with Crippen molar-refractivity contribution in [2.24, 2.45) is 0 Å². The number of hydrogen-bond donors (Lipinski definition) is 1. The van der Waals surface area contributed by atoms with Crippen LogP contribution >= 0.6 is 0 Å². The van der Waals surface area contributed by atoms with Gasteiger partial charge in [-0.1, -0.05) is 17.9 Å². The van der Waals surface area contributed by atoms with Gasteiger partial charge in [0.05, 0.1) is 6.54 Å². The molecule has 0 radical (unpaired) electrons. The minimum absolute atomic E-state index is 0.538. The van der Waals surface area contributed by atoms with Gasteiger partial charge in [0.15, 0.2) is 0 Å². The monoisotopic (exact) mass is 225 g/mol. The fourth-order valence-electron chi connectivity index (χ4n) is 1.54. The van der Waals surface area contributed by atoms with Crippen molar-refractivity contribution < 1.29 is 0 Å². The van der Waals surface area contributed by atoms with Gasteiger partial charge < -0.3 is 5.73 Å². The zero-order chi connectivity index (χ0) is 12.3. The van der Waals surface area contributed by atoms with E-state index in [0.29, 0.717) is 5.82 Å². The van der Waals surface area contributed by atoms with Crippen molar-refractivity contribution in [3.8, 4) is 11.8 Å². The van der Waals surface area contributed by atoms with E-state index in [9.17, 15) is 0 Å². The van der Waals surface area contributed by atoms with Crippen LogP contribution in [0.25, 0.3) is 10.8 Å². The van der Waals surface area contributed by atoms with Crippen molar-refractivity contribution in [2.75, 3.05) is 26.4 Å². The average Bonchev–Trinajstić information content (AvgIpc) is 2.28. The topological polar surface area (TPSA) is 42.2 Å². The van der Waals surface area contributed by atoms with Crippen LogP contribution in [0.3, 0.4) is 0 Å². The molecular formula is C14H15N3. The Hall–Kier alpha value is -2.05. The summed E-state index contributed by atoms with van der Waals surface area (Å²) < 4.78 is 0. The highest BCUT2D eigenvalue weighted by Gasteiger charge is 1.96. The zero-order valence-corrected chi connectivity index (χ0v) is 10.1. The molecule has 0 amide bonds. The van der Waals surface area contributed by atoms with Crippen molar-refractivity contribution in [3.63, 3.8) is 0 Å². The Morgan fingerprint density at radius 2 is 2.06 bits per heavy atom. The maximum Gasteiger partial charge on any atom is 0.123 e. The molecule has 0 fully saturated rings. The molecule has 0 atom stereocenters. The van der Waals surface area contributed by atoms with Crippen LogP contribution in [0.2, 0.25) is 0 Å². The molecule has 17 heavy (non-hydrogen) atoms. The number of benzene rings is 1. The normalized spacial score (nSPS) is 10.3. The van der Waals surface area contributed by atoms with Crippen molar-refractivity contribution in [1.29, 1.82) is 0 Å². The summed E-state index contributed by atoms with van der Waals surface area (Å²) in [7, 11) is 4.00. The summed E-state index contributed by atoms with van der Waals surface area (Å²) in [6, 6.07) is 7.92. The SMILES string of the molecule is CN(C)CC#Cc1ccc2cnc(N)cc2c1. The first-order valence-electron chi connectivity index (χ1n) is 5.44. The fourth-order valence-corrected chi connectivity index (χ4v) is 1.54. The number of nitrogens with zero attached hydrogens (tertiary/aromatic N) is 2. The predicted molar refractivity (Wildman–Crippen MR) is 71.6 cm³/mol. The predicted octanol–water partition coefficient (Wildman–Crippen LogP) is 1.73. The van der Waals surface area contributed by atoms with Gasteiger partial charge in [-0.3, -0.25) is 4.90 Å². The lowest BCUT2D eigenvalue weighted by atomic mass is 10.1. The fraction of sp³-hybridized carbons (Fsp3) is 0.214. The maximum atomic E-state index is 5.66. The quantitative estimate of drug-likeness (QED) is 0.752. The standard InChI is InChI=1S/C14H15N3/c1-17(2)7-3-4-11-5-6-12-10-16-14(15)9-13(12)8-11/h5-6,8-10H,7H2,1-2H3,(H2,15,16). The highest BCUT2D eigenvalue weighted by molar-refractivity contribution is 5.84. The van der Waals surface area contributed by atoms with Crippen molar-refractivity contribution in [1.82, 2.24) is 9.88 Å². The number of aromatic nitrogens is 1. The first-order chi connectivity index (χ1) is 8.15. The van der Waals surface area contributed by atoms with E-state index in [1.165, 1.54) is 0 Å². The van der Waals surface area contributed by atoms with Gasteiger partial charge in [-0.15, -0.1) is 0 Å². The van der Waals surface area contributed by atoms with Crippen molar-refractivity contribution in [2.45, 2.75) is 0 Å². The van der Waals surface area contributed by atoms with Gasteiger partial charge >= 0.3 is 0 Å². The van der Waals surface area contributed by atoms with Crippen LogP contribution in [0, 0.1) is 11.8 Å². The highest BCUT2D eigenvalue weighted by Crippen LogP contribution is 2.16. The van der Waals surface area contributed by atoms with Gasteiger partial charge in [0.2, 0.25) is 0 Å². The minimum atomic E-state index is 0.538. The molecule has 0 unspecified atom stereocenters. The van der Waals surface area contributed by atoms with Gasteiger partial charge in [0.25, 0.3) is 0 Å². The molecule has 86 valence electrons. The van der Waals surface area contributed by atoms with Crippen LogP contribution in [0.5, 0.6) is 0 Å². The second-order valence-electron chi connectivity index (χ2n) is 4.21. The summed E-state index contributed by atoms with van der Waals surface area (Å²) in [5.41, 5.74) is 6.66. The van der Waals surface area contributed by atoms with E-state index in [1.807, 2.05) is 43.3 Å². The summed E-state index contributed by atoms with van der Waals surface area (Å²) in [5, 5.41) is 2.16. The van der Waals surface area contributed by atoms with E-state index in [0.717, 1.165) is 22.9 Å². The Kier molecular flexibility index (Phi) is 3.27. The summed E-state index contributed by atoms with van der Waals surface area (Å²) in [6.45, 7) is 0.760. The number of pyridine rings is 1. The lowest BCUT2D eigenvalue weighted by Gasteiger charge is -2.01. The van der Waals surface area contributed by atoms with Crippen LogP contribution in [-0.2, 0) is 0 Å². The lowest BCUT2D eigenvalue weighted by Crippen LogP contribution is -2.10. The van der Waals surface area contributed by atoms with E-state index in [4.69, 9.17) is 5.73 Å². The van der Waals surface area contributed by atoms with E-state index in [-0.39, 0.29) is 0 Å². The molecule has 0 aliphatic rings. The van der Waals surface area contributed by atoms with Crippen LogP contribution in [0.15, 0.2) is 30.5 Å². The van der Waals surface area contributed by atoms with Crippen LogP contribution < -0.4 is 5.73 Å². The third kappa shape index (κ3) is 2.96. The van der Waals surface area contributed by atoms with Crippen LogP contribution in [-0.4, -0.2) is 30.5 Å². The number of nitrogen functional groups attached to an aromatic ring is 1. The van der Waals surface area contributed by atoms with E-state index in [2.05, 4.69) is 16.8 Å².